The van der Waals surface area contributed by atoms with Crippen LogP contribution in [-0.2, 0) is 4.74 Å². The van der Waals surface area contributed by atoms with Crippen LogP contribution in [0.1, 0.15) is 47.5 Å². The fourth-order valence-electron chi connectivity index (χ4n) is 5.00. The summed E-state index contributed by atoms with van der Waals surface area (Å²) in [5.41, 5.74) is 0.0192. The Bertz CT molecular complexity index is 353. The lowest BCUT2D eigenvalue weighted by Gasteiger charge is -2.38. The molecule has 3 saturated heterocycles. The van der Waals surface area contributed by atoms with E-state index in [1.54, 1.807) is 0 Å². The third kappa shape index (κ3) is 2.24. The van der Waals surface area contributed by atoms with Crippen molar-refractivity contribution in [2.75, 3.05) is 19.6 Å². The van der Waals surface area contributed by atoms with E-state index in [2.05, 4.69) is 44.8 Å². The van der Waals surface area contributed by atoms with Gasteiger partial charge < -0.3 is 10.1 Å². The number of rotatable bonds is 2. The van der Waals surface area contributed by atoms with E-state index in [0.29, 0.717) is 6.04 Å². The molecule has 3 rings (SSSR count). The van der Waals surface area contributed by atoms with Gasteiger partial charge in [-0.3, -0.25) is 4.90 Å². The first-order chi connectivity index (χ1) is 8.84. The van der Waals surface area contributed by atoms with Gasteiger partial charge in [-0.05, 0) is 65.5 Å². The lowest BCUT2D eigenvalue weighted by atomic mass is 9.90. The molecule has 110 valence electrons. The average Bonchev–Trinajstić information content (AvgIpc) is 2.87. The van der Waals surface area contributed by atoms with Gasteiger partial charge in [0, 0.05) is 18.6 Å². The molecule has 3 heterocycles. The summed E-state index contributed by atoms with van der Waals surface area (Å²) in [6, 6.07) is 1.33. The van der Waals surface area contributed by atoms with Gasteiger partial charge in [0.25, 0.3) is 0 Å². The van der Waals surface area contributed by atoms with Crippen LogP contribution >= 0.6 is 0 Å². The molecule has 3 heteroatoms. The number of likely N-dealkylation sites (tertiary alicyclic amines) is 1. The van der Waals surface area contributed by atoms with E-state index in [1.165, 1.54) is 32.5 Å². The number of ether oxygens (including phenoxy) is 1. The molecule has 0 aromatic carbocycles. The number of fused-ring (bicyclic) bond motifs is 1. The Hall–Kier alpha value is -0.120. The smallest absolute Gasteiger partial charge is 0.0789 e. The number of nitrogens with one attached hydrogen (secondary N) is 1. The van der Waals surface area contributed by atoms with Crippen molar-refractivity contribution in [2.24, 2.45) is 11.8 Å². The van der Waals surface area contributed by atoms with Crippen LogP contribution in [-0.4, -0.2) is 47.8 Å². The molecule has 4 atom stereocenters. The van der Waals surface area contributed by atoms with Gasteiger partial charge in [0.2, 0.25) is 0 Å². The van der Waals surface area contributed by atoms with Crippen molar-refractivity contribution in [3.8, 4) is 0 Å². The van der Waals surface area contributed by atoms with Crippen LogP contribution in [0.3, 0.4) is 0 Å². The SMILES string of the molecule is CCC1C2CNCC2CN1C1CC(C)(C)OC1(C)C. The van der Waals surface area contributed by atoms with Gasteiger partial charge in [-0.15, -0.1) is 0 Å². The Morgan fingerprint density at radius 3 is 2.53 bits per heavy atom. The summed E-state index contributed by atoms with van der Waals surface area (Å²) in [6.45, 7) is 15.1. The Balaban J connectivity index is 1.82. The summed E-state index contributed by atoms with van der Waals surface area (Å²) in [5, 5.41) is 3.58. The van der Waals surface area contributed by atoms with Crippen LogP contribution in [0.2, 0.25) is 0 Å². The van der Waals surface area contributed by atoms with Gasteiger partial charge in [-0.1, -0.05) is 6.92 Å². The predicted octanol–water partition coefficient (Wildman–Crippen LogP) is 2.26. The fraction of sp³-hybridized carbons (Fsp3) is 1.00. The van der Waals surface area contributed by atoms with Gasteiger partial charge in [0.05, 0.1) is 11.2 Å². The van der Waals surface area contributed by atoms with E-state index in [-0.39, 0.29) is 11.2 Å². The molecule has 1 N–H and O–H groups in total. The minimum absolute atomic E-state index is 0.0109. The summed E-state index contributed by atoms with van der Waals surface area (Å²) < 4.78 is 6.32. The lowest BCUT2D eigenvalue weighted by molar-refractivity contribution is -0.0825. The highest BCUT2D eigenvalue weighted by Crippen LogP contribution is 2.45. The molecule has 0 aromatic heterocycles. The highest BCUT2D eigenvalue weighted by atomic mass is 16.5. The summed E-state index contributed by atoms with van der Waals surface area (Å²) in [4.78, 5) is 2.80. The van der Waals surface area contributed by atoms with Crippen molar-refractivity contribution < 1.29 is 4.74 Å². The quantitative estimate of drug-likeness (QED) is 0.830. The number of nitrogens with zero attached hydrogens (tertiary/aromatic N) is 1. The fourth-order valence-corrected chi connectivity index (χ4v) is 5.00. The molecule has 3 fully saturated rings. The third-order valence-corrected chi connectivity index (χ3v) is 5.60. The van der Waals surface area contributed by atoms with Crippen molar-refractivity contribution >= 4 is 0 Å². The molecule has 0 aromatic rings. The second-order valence-corrected chi connectivity index (χ2v) is 7.94. The molecule has 3 aliphatic heterocycles. The highest BCUT2D eigenvalue weighted by molar-refractivity contribution is 5.07. The topological polar surface area (TPSA) is 24.5 Å². The van der Waals surface area contributed by atoms with Gasteiger partial charge >= 0.3 is 0 Å². The van der Waals surface area contributed by atoms with Crippen molar-refractivity contribution in [1.29, 1.82) is 0 Å². The van der Waals surface area contributed by atoms with Crippen molar-refractivity contribution in [3.63, 3.8) is 0 Å². The zero-order valence-electron chi connectivity index (χ0n) is 13.2. The van der Waals surface area contributed by atoms with Crippen LogP contribution in [0.25, 0.3) is 0 Å². The largest absolute Gasteiger partial charge is 0.368 e. The second-order valence-electron chi connectivity index (χ2n) is 7.94. The van der Waals surface area contributed by atoms with E-state index < -0.39 is 0 Å². The lowest BCUT2D eigenvalue weighted by Crippen LogP contribution is -2.50. The van der Waals surface area contributed by atoms with Crippen molar-refractivity contribution in [2.45, 2.75) is 70.7 Å². The van der Waals surface area contributed by atoms with Crippen LogP contribution in [0.15, 0.2) is 0 Å². The maximum atomic E-state index is 6.32. The van der Waals surface area contributed by atoms with E-state index >= 15 is 0 Å². The number of hydrogen-bond acceptors (Lipinski definition) is 3. The van der Waals surface area contributed by atoms with Crippen LogP contribution in [0.4, 0.5) is 0 Å². The van der Waals surface area contributed by atoms with Crippen LogP contribution < -0.4 is 5.32 Å². The Morgan fingerprint density at radius 1 is 1.21 bits per heavy atom. The van der Waals surface area contributed by atoms with Gasteiger partial charge in [0.15, 0.2) is 0 Å². The Morgan fingerprint density at radius 2 is 1.95 bits per heavy atom. The third-order valence-electron chi connectivity index (χ3n) is 5.60. The highest BCUT2D eigenvalue weighted by Gasteiger charge is 2.54. The van der Waals surface area contributed by atoms with Gasteiger partial charge in [-0.25, -0.2) is 0 Å². The molecule has 0 radical (unpaired) electrons. The van der Waals surface area contributed by atoms with Gasteiger partial charge in [0.1, 0.15) is 0 Å². The molecule has 19 heavy (non-hydrogen) atoms. The van der Waals surface area contributed by atoms with E-state index in [9.17, 15) is 0 Å². The standard InChI is InChI=1S/C16H30N2O/c1-6-13-12-9-17-8-11(12)10-18(13)14-7-15(2,3)19-16(14,4)5/h11-14,17H,6-10H2,1-5H3. The molecule has 4 unspecified atom stereocenters. The van der Waals surface area contributed by atoms with Crippen LogP contribution in [0.5, 0.6) is 0 Å². The monoisotopic (exact) mass is 266 g/mol. The zero-order valence-corrected chi connectivity index (χ0v) is 13.2. The minimum atomic E-state index is -0.0109. The van der Waals surface area contributed by atoms with Gasteiger partial charge in [-0.2, -0.15) is 0 Å². The Labute approximate surface area is 118 Å². The molecule has 0 amide bonds. The normalized spacial score (nSPS) is 44.7. The predicted molar refractivity (Wildman–Crippen MR) is 78.3 cm³/mol. The second kappa shape index (κ2) is 4.44. The summed E-state index contributed by atoms with van der Waals surface area (Å²) in [7, 11) is 0. The summed E-state index contributed by atoms with van der Waals surface area (Å²) >= 11 is 0. The van der Waals surface area contributed by atoms with E-state index in [1.807, 2.05) is 0 Å². The molecule has 0 aliphatic carbocycles. The first kappa shape index (κ1) is 13.8. The number of hydrogen-bond donors (Lipinski definition) is 1. The maximum absolute atomic E-state index is 6.32. The summed E-state index contributed by atoms with van der Waals surface area (Å²) in [6.07, 6.45) is 2.44. The molecule has 0 spiro atoms. The minimum Gasteiger partial charge on any atom is -0.368 e. The molecular formula is C16H30N2O. The van der Waals surface area contributed by atoms with E-state index in [0.717, 1.165) is 17.9 Å². The molecule has 3 aliphatic rings. The first-order valence-corrected chi connectivity index (χ1v) is 8.01. The average molecular weight is 266 g/mol. The summed E-state index contributed by atoms with van der Waals surface area (Å²) in [5.74, 6) is 1.73. The molecule has 0 bridgehead atoms. The van der Waals surface area contributed by atoms with E-state index in [4.69, 9.17) is 4.74 Å². The Kier molecular flexibility index (Phi) is 3.23. The maximum Gasteiger partial charge on any atom is 0.0789 e. The first-order valence-electron chi connectivity index (χ1n) is 8.01. The molecular weight excluding hydrogens is 236 g/mol. The van der Waals surface area contributed by atoms with Crippen molar-refractivity contribution in [1.82, 2.24) is 10.2 Å². The van der Waals surface area contributed by atoms with Crippen molar-refractivity contribution in [3.05, 3.63) is 0 Å². The van der Waals surface area contributed by atoms with Crippen LogP contribution in [0, 0.1) is 11.8 Å². The zero-order chi connectivity index (χ0) is 13.8. The molecule has 0 saturated carbocycles. The molecule has 3 nitrogen and oxygen atoms in total.